The molecule has 0 spiro atoms. The summed E-state index contributed by atoms with van der Waals surface area (Å²) in [6, 6.07) is 7.25. The number of ether oxygens (including phenoxy) is 1. The van der Waals surface area contributed by atoms with Crippen LogP contribution < -0.4 is 21.5 Å². The Morgan fingerprint density at radius 3 is 2.75 bits per heavy atom. The van der Waals surface area contributed by atoms with E-state index in [1.54, 1.807) is 24.5 Å². The number of nitrogens with zero attached hydrogens (tertiary/aromatic N) is 4. The van der Waals surface area contributed by atoms with Gasteiger partial charge in [-0.05, 0) is 36.8 Å². The van der Waals surface area contributed by atoms with Crippen LogP contribution in [0, 0.1) is 0 Å². The zero-order valence-electron chi connectivity index (χ0n) is 15.4. The fourth-order valence-electron chi connectivity index (χ4n) is 2.58. The summed E-state index contributed by atoms with van der Waals surface area (Å²) in [5.74, 6) is 0.537. The minimum absolute atomic E-state index is 0.0546. The first-order valence-electron chi connectivity index (χ1n) is 8.73. The average molecular weight is 379 g/mol. The van der Waals surface area contributed by atoms with E-state index in [1.807, 2.05) is 19.1 Å². The molecule has 28 heavy (non-hydrogen) atoms. The molecule has 0 saturated carbocycles. The normalized spacial score (nSPS) is 10.5. The Morgan fingerprint density at radius 1 is 1.14 bits per heavy atom. The van der Waals surface area contributed by atoms with Gasteiger partial charge in [0.05, 0.1) is 30.7 Å². The number of aromatic nitrogens is 4. The summed E-state index contributed by atoms with van der Waals surface area (Å²) < 4.78 is 5.23. The van der Waals surface area contributed by atoms with E-state index in [2.05, 4.69) is 25.3 Å². The molecular weight excluding hydrogens is 358 g/mol. The van der Waals surface area contributed by atoms with E-state index in [0.717, 1.165) is 16.9 Å². The van der Waals surface area contributed by atoms with Crippen LogP contribution in [0.5, 0.6) is 5.88 Å². The molecule has 0 fully saturated rings. The first kappa shape index (κ1) is 19.0. The maximum atomic E-state index is 12.6. The van der Waals surface area contributed by atoms with Crippen molar-refractivity contribution < 1.29 is 9.53 Å². The van der Waals surface area contributed by atoms with Crippen molar-refractivity contribution in [1.29, 1.82) is 0 Å². The summed E-state index contributed by atoms with van der Waals surface area (Å²) in [4.78, 5) is 29.0. The van der Waals surface area contributed by atoms with Gasteiger partial charge in [0.1, 0.15) is 11.5 Å². The Kier molecular flexibility index (Phi) is 5.95. The SMILES string of the molecule is CCOc1cnc(C(=O)Cc2ccnc(CNc3cccnc3N)c2)c(N)n1. The van der Waals surface area contributed by atoms with Gasteiger partial charge in [-0.1, -0.05) is 0 Å². The fraction of sp³-hybridized carbons (Fsp3) is 0.211. The molecule has 0 aliphatic carbocycles. The maximum Gasteiger partial charge on any atom is 0.234 e. The summed E-state index contributed by atoms with van der Waals surface area (Å²) in [6.45, 7) is 2.72. The van der Waals surface area contributed by atoms with Gasteiger partial charge in [0.25, 0.3) is 0 Å². The monoisotopic (exact) mass is 379 g/mol. The zero-order chi connectivity index (χ0) is 19.9. The molecule has 3 aromatic heterocycles. The minimum Gasteiger partial charge on any atom is -0.477 e. The second-order valence-electron chi connectivity index (χ2n) is 5.92. The number of hydrogen-bond acceptors (Lipinski definition) is 9. The van der Waals surface area contributed by atoms with Crippen LogP contribution in [0.1, 0.15) is 28.7 Å². The molecular formula is C19H21N7O2. The van der Waals surface area contributed by atoms with Crippen LogP contribution in [-0.4, -0.2) is 32.3 Å². The van der Waals surface area contributed by atoms with Gasteiger partial charge in [0.15, 0.2) is 11.6 Å². The average Bonchev–Trinajstić information content (AvgIpc) is 2.68. The van der Waals surface area contributed by atoms with Gasteiger partial charge in [-0.3, -0.25) is 9.78 Å². The van der Waals surface area contributed by atoms with Crippen LogP contribution in [0.15, 0.2) is 42.9 Å². The smallest absolute Gasteiger partial charge is 0.234 e. The lowest BCUT2D eigenvalue weighted by Gasteiger charge is -2.09. The van der Waals surface area contributed by atoms with Crippen molar-refractivity contribution in [3.63, 3.8) is 0 Å². The lowest BCUT2D eigenvalue weighted by atomic mass is 10.1. The first-order valence-corrected chi connectivity index (χ1v) is 8.73. The second kappa shape index (κ2) is 8.76. The summed E-state index contributed by atoms with van der Waals surface area (Å²) in [6.07, 6.45) is 4.81. The molecule has 0 amide bonds. The summed E-state index contributed by atoms with van der Waals surface area (Å²) in [5.41, 5.74) is 14.1. The van der Waals surface area contributed by atoms with E-state index < -0.39 is 0 Å². The standard InChI is InChI=1S/C19H21N7O2/c1-2-28-16-11-25-17(19(21)26-16)15(27)9-12-5-7-22-13(8-12)10-24-14-4-3-6-23-18(14)20/h3-8,11,24H,2,9-10H2,1H3,(H2,20,23)(H2,21,26). The van der Waals surface area contributed by atoms with E-state index >= 15 is 0 Å². The molecule has 3 aromatic rings. The molecule has 9 heteroatoms. The highest BCUT2D eigenvalue weighted by Crippen LogP contribution is 2.17. The Labute approximate surface area is 162 Å². The number of anilines is 3. The number of nitrogen functional groups attached to an aromatic ring is 2. The maximum absolute atomic E-state index is 12.6. The van der Waals surface area contributed by atoms with Gasteiger partial charge < -0.3 is 21.5 Å². The molecule has 0 bridgehead atoms. The van der Waals surface area contributed by atoms with Gasteiger partial charge in [-0.15, -0.1) is 0 Å². The van der Waals surface area contributed by atoms with E-state index in [-0.39, 0.29) is 23.7 Å². The van der Waals surface area contributed by atoms with Gasteiger partial charge in [-0.2, -0.15) is 4.98 Å². The highest BCUT2D eigenvalue weighted by Gasteiger charge is 2.15. The van der Waals surface area contributed by atoms with Crippen molar-refractivity contribution in [1.82, 2.24) is 19.9 Å². The summed E-state index contributed by atoms with van der Waals surface area (Å²) in [5, 5.41) is 3.18. The van der Waals surface area contributed by atoms with Crippen molar-refractivity contribution in [3.05, 3.63) is 59.8 Å². The van der Waals surface area contributed by atoms with Gasteiger partial charge in [-0.25, -0.2) is 9.97 Å². The van der Waals surface area contributed by atoms with Crippen LogP contribution in [0.3, 0.4) is 0 Å². The van der Waals surface area contributed by atoms with Crippen molar-refractivity contribution in [3.8, 4) is 5.88 Å². The summed E-state index contributed by atoms with van der Waals surface area (Å²) in [7, 11) is 0. The van der Waals surface area contributed by atoms with E-state index in [1.165, 1.54) is 6.20 Å². The van der Waals surface area contributed by atoms with Gasteiger partial charge in [0.2, 0.25) is 5.88 Å². The molecule has 5 N–H and O–H groups in total. The first-order chi connectivity index (χ1) is 13.6. The third-order valence-electron chi connectivity index (χ3n) is 3.88. The van der Waals surface area contributed by atoms with E-state index in [4.69, 9.17) is 16.2 Å². The topological polar surface area (TPSA) is 142 Å². The van der Waals surface area contributed by atoms with Crippen molar-refractivity contribution in [2.24, 2.45) is 0 Å². The molecule has 0 aliphatic heterocycles. The lowest BCUT2D eigenvalue weighted by molar-refractivity contribution is 0.0988. The molecule has 0 atom stereocenters. The molecule has 0 saturated heterocycles. The third-order valence-corrected chi connectivity index (χ3v) is 3.88. The van der Waals surface area contributed by atoms with Crippen LogP contribution in [0.2, 0.25) is 0 Å². The Bertz CT molecular complexity index is 978. The number of carbonyl (C=O) groups excluding carboxylic acids is 1. The number of nitrogens with one attached hydrogen (secondary N) is 1. The lowest BCUT2D eigenvalue weighted by Crippen LogP contribution is -2.12. The Balaban J connectivity index is 1.67. The van der Waals surface area contributed by atoms with Crippen molar-refractivity contribution in [2.75, 3.05) is 23.4 Å². The van der Waals surface area contributed by atoms with Crippen molar-refractivity contribution >= 4 is 23.1 Å². The quantitative estimate of drug-likeness (QED) is 0.500. The van der Waals surface area contributed by atoms with E-state index in [9.17, 15) is 4.79 Å². The van der Waals surface area contributed by atoms with Gasteiger partial charge in [0, 0.05) is 18.8 Å². The molecule has 0 aromatic carbocycles. The molecule has 9 nitrogen and oxygen atoms in total. The molecule has 144 valence electrons. The molecule has 3 heterocycles. The fourth-order valence-corrected chi connectivity index (χ4v) is 2.58. The Morgan fingerprint density at radius 2 is 2.00 bits per heavy atom. The molecule has 0 unspecified atom stereocenters. The second-order valence-corrected chi connectivity index (χ2v) is 5.92. The van der Waals surface area contributed by atoms with E-state index in [0.29, 0.717) is 24.8 Å². The number of nitrogens with two attached hydrogens (primary N) is 2. The molecule has 3 rings (SSSR count). The van der Waals surface area contributed by atoms with Gasteiger partial charge >= 0.3 is 0 Å². The minimum atomic E-state index is -0.227. The summed E-state index contributed by atoms with van der Waals surface area (Å²) >= 11 is 0. The highest BCUT2D eigenvalue weighted by atomic mass is 16.5. The Hall–Kier alpha value is -3.75. The third kappa shape index (κ3) is 4.70. The highest BCUT2D eigenvalue weighted by molar-refractivity contribution is 5.99. The predicted molar refractivity (Wildman–Crippen MR) is 106 cm³/mol. The number of ketones is 1. The van der Waals surface area contributed by atoms with Crippen LogP contribution in [-0.2, 0) is 13.0 Å². The van der Waals surface area contributed by atoms with Crippen molar-refractivity contribution in [2.45, 2.75) is 19.9 Å². The zero-order valence-corrected chi connectivity index (χ0v) is 15.4. The number of pyridine rings is 2. The molecule has 0 aliphatic rings. The largest absolute Gasteiger partial charge is 0.477 e. The predicted octanol–water partition coefficient (Wildman–Crippen LogP) is 1.87. The van der Waals surface area contributed by atoms with Crippen LogP contribution in [0.25, 0.3) is 0 Å². The molecule has 0 radical (unpaired) electrons. The number of Topliss-reactive ketones (excluding diaryl/α,β-unsaturated/α-hetero) is 1. The number of hydrogen-bond donors (Lipinski definition) is 3. The van der Waals surface area contributed by atoms with Crippen LogP contribution >= 0.6 is 0 Å². The van der Waals surface area contributed by atoms with Crippen LogP contribution in [0.4, 0.5) is 17.3 Å². The number of carbonyl (C=O) groups is 1. The number of rotatable bonds is 8.